The number of ether oxygens (including phenoxy) is 1. The van der Waals surface area contributed by atoms with Crippen LogP contribution in [0.5, 0.6) is 5.75 Å². The molecule has 128 valence electrons. The molecule has 1 N–H and O–H groups in total. The number of nitrogens with zero attached hydrogens (tertiary/aromatic N) is 2. The van der Waals surface area contributed by atoms with E-state index in [0.29, 0.717) is 18.5 Å². The summed E-state index contributed by atoms with van der Waals surface area (Å²) in [4.78, 5) is 23.9. The Morgan fingerprint density at radius 2 is 1.92 bits per heavy atom. The zero-order valence-electron chi connectivity index (χ0n) is 13.9. The molecule has 0 aliphatic heterocycles. The normalized spacial score (nSPS) is 10.6. The van der Waals surface area contributed by atoms with Crippen molar-refractivity contribution in [2.45, 2.75) is 19.5 Å². The first-order valence-electron chi connectivity index (χ1n) is 8.02. The van der Waals surface area contributed by atoms with Crippen molar-refractivity contribution >= 4 is 16.8 Å². The third kappa shape index (κ3) is 4.03. The van der Waals surface area contributed by atoms with Crippen molar-refractivity contribution < 1.29 is 9.53 Å². The number of benzene rings is 2. The highest BCUT2D eigenvalue weighted by Gasteiger charge is 2.06. The van der Waals surface area contributed by atoms with Gasteiger partial charge in [-0.2, -0.15) is 5.10 Å². The molecule has 6 nitrogen and oxygen atoms in total. The summed E-state index contributed by atoms with van der Waals surface area (Å²) in [5.41, 5.74) is 1.62. The molecule has 0 spiro atoms. The summed E-state index contributed by atoms with van der Waals surface area (Å²) in [5.74, 6) is 0.714. The summed E-state index contributed by atoms with van der Waals surface area (Å²) in [7, 11) is 1.62. The Morgan fingerprint density at radius 1 is 1.16 bits per heavy atom. The van der Waals surface area contributed by atoms with E-state index in [9.17, 15) is 9.59 Å². The Bertz CT molecular complexity index is 933. The summed E-state index contributed by atoms with van der Waals surface area (Å²) in [6, 6.07) is 14.8. The summed E-state index contributed by atoms with van der Waals surface area (Å²) in [6.07, 6.45) is 1.58. The topological polar surface area (TPSA) is 73.2 Å². The molecule has 0 atom stereocenters. The minimum atomic E-state index is -0.115. The fraction of sp³-hybridized carbons (Fsp3) is 0.211. The summed E-state index contributed by atoms with van der Waals surface area (Å²) in [6.45, 7) is 0.871. The molecule has 0 saturated carbocycles. The van der Waals surface area contributed by atoms with Crippen molar-refractivity contribution in [2.75, 3.05) is 7.11 Å². The van der Waals surface area contributed by atoms with Gasteiger partial charge in [-0.1, -0.05) is 24.3 Å². The number of fused-ring (bicyclic) bond motifs is 1. The molecular weight excluding hydrogens is 318 g/mol. The molecule has 0 bridgehead atoms. The van der Waals surface area contributed by atoms with Gasteiger partial charge in [0.2, 0.25) is 11.3 Å². The fourth-order valence-electron chi connectivity index (χ4n) is 2.58. The molecule has 0 aliphatic carbocycles. The van der Waals surface area contributed by atoms with Gasteiger partial charge < -0.3 is 10.1 Å². The first-order valence-corrected chi connectivity index (χ1v) is 8.02. The third-order valence-corrected chi connectivity index (χ3v) is 3.96. The van der Waals surface area contributed by atoms with Crippen molar-refractivity contribution in [3.8, 4) is 5.75 Å². The second-order valence-electron chi connectivity index (χ2n) is 5.62. The number of para-hydroxylation sites is 1. The summed E-state index contributed by atoms with van der Waals surface area (Å²) < 4.78 is 6.79. The average molecular weight is 337 g/mol. The summed E-state index contributed by atoms with van der Waals surface area (Å²) in [5, 5.41) is 7.62. The van der Waals surface area contributed by atoms with Gasteiger partial charge in [-0.25, -0.2) is 0 Å². The van der Waals surface area contributed by atoms with Crippen LogP contribution >= 0.6 is 0 Å². The smallest absolute Gasteiger partial charge is 0.222 e. The van der Waals surface area contributed by atoms with Gasteiger partial charge >= 0.3 is 0 Å². The van der Waals surface area contributed by atoms with E-state index in [1.807, 2.05) is 42.5 Å². The molecule has 3 aromatic rings. The largest absolute Gasteiger partial charge is 0.497 e. The lowest BCUT2D eigenvalue weighted by Crippen LogP contribution is -2.24. The van der Waals surface area contributed by atoms with Gasteiger partial charge in [0.05, 0.1) is 25.4 Å². The van der Waals surface area contributed by atoms with E-state index >= 15 is 0 Å². The minimum absolute atomic E-state index is 0.0691. The Labute approximate surface area is 145 Å². The van der Waals surface area contributed by atoms with Crippen LogP contribution in [-0.2, 0) is 17.9 Å². The van der Waals surface area contributed by atoms with Crippen LogP contribution in [0, 0.1) is 0 Å². The second kappa shape index (κ2) is 7.61. The number of amides is 1. The number of aromatic nitrogens is 2. The molecular formula is C19H19N3O3. The van der Waals surface area contributed by atoms with Gasteiger partial charge in [0.25, 0.3) is 0 Å². The van der Waals surface area contributed by atoms with E-state index in [0.717, 1.165) is 16.8 Å². The molecule has 0 unspecified atom stereocenters. The second-order valence-corrected chi connectivity index (χ2v) is 5.62. The van der Waals surface area contributed by atoms with Gasteiger partial charge in [-0.15, -0.1) is 0 Å². The van der Waals surface area contributed by atoms with E-state index in [2.05, 4.69) is 10.4 Å². The molecule has 3 rings (SSSR count). The van der Waals surface area contributed by atoms with Gasteiger partial charge in [0, 0.05) is 18.4 Å². The molecule has 0 aliphatic rings. The molecule has 0 radical (unpaired) electrons. The highest BCUT2D eigenvalue weighted by atomic mass is 16.5. The molecule has 6 heteroatoms. The van der Waals surface area contributed by atoms with Crippen LogP contribution < -0.4 is 15.5 Å². The van der Waals surface area contributed by atoms with Crippen molar-refractivity contribution in [3.05, 3.63) is 70.5 Å². The van der Waals surface area contributed by atoms with Crippen LogP contribution in [0.4, 0.5) is 0 Å². The number of rotatable bonds is 6. The van der Waals surface area contributed by atoms with Gasteiger partial charge in [0.1, 0.15) is 5.75 Å². The number of carbonyl (C=O) groups is 1. The number of nitrogens with one attached hydrogen (secondary N) is 1. The van der Waals surface area contributed by atoms with Crippen molar-refractivity contribution in [1.29, 1.82) is 0 Å². The number of methoxy groups -OCH3 is 1. The van der Waals surface area contributed by atoms with E-state index in [4.69, 9.17) is 4.74 Å². The SMILES string of the molecule is COc1ccc(CNC(=O)CCn2ncc(=O)c3ccccc32)cc1. The monoisotopic (exact) mass is 337 g/mol. The fourth-order valence-corrected chi connectivity index (χ4v) is 2.58. The van der Waals surface area contributed by atoms with Crippen molar-refractivity contribution in [2.24, 2.45) is 0 Å². The van der Waals surface area contributed by atoms with Crippen LogP contribution in [0.1, 0.15) is 12.0 Å². The quantitative estimate of drug-likeness (QED) is 0.748. The standard InChI is InChI=1S/C19H19N3O3/c1-25-15-8-6-14(7-9-15)12-20-19(24)10-11-22-17-5-3-2-4-16(17)18(23)13-21-22/h2-9,13H,10-12H2,1H3,(H,20,24). The van der Waals surface area contributed by atoms with E-state index in [-0.39, 0.29) is 17.8 Å². The highest BCUT2D eigenvalue weighted by molar-refractivity contribution is 5.79. The van der Waals surface area contributed by atoms with Crippen LogP contribution in [0.2, 0.25) is 0 Å². The molecule has 1 heterocycles. The number of carbonyl (C=O) groups excluding carboxylic acids is 1. The van der Waals surface area contributed by atoms with Gasteiger partial charge in [-0.3, -0.25) is 14.3 Å². The third-order valence-electron chi connectivity index (χ3n) is 3.96. The Hall–Kier alpha value is -3.15. The number of aryl methyl sites for hydroxylation is 1. The maximum Gasteiger partial charge on any atom is 0.222 e. The number of hydrogen-bond acceptors (Lipinski definition) is 4. The maximum atomic E-state index is 12.1. The van der Waals surface area contributed by atoms with E-state index in [1.165, 1.54) is 6.20 Å². The van der Waals surface area contributed by atoms with Crippen LogP contribution in [0.3, 0.4) is 0 Å². The first kappa shape index (κ1) is 16.7. The molecule has 1 amide bonds. The Kier molecular flexibility index (Phi) is 5.09. The van der Waals surface area contributed by atoms with Crippen molar-refractivity contribution in [3.63, 3.8) is 0 Å². The lowest BCUT2D eigenvalue weighted by Gasteiger charge is -2.10. The van der Waals surface area contributed by atoms with Crippen molar-refractivity contribution in [1.82, 2.24) is 15.1 Å². The Balaban J connectivity index is 1.59. The molecule has 0 saturated heterocycles. The Morgan fingerprint density at radius 3 is 2.68 bits per heavy atom. The molecule has 1 aromatic heterocycles. The van der Waals surface area contributed by atoms with E-state index in [1.54, 1.807) is 17.9 Å². The summed E-state index contributed by atoms with van der Waals surface area (Å²) >= 11 is 0. The first-order chi connectivity index (χ1) is 12.2. The van der Waals surface area contributed by atoms with Crippen LogP contribution in [0.15, 0.2) is 59.5 Å². The minimum Gasteiger partial charge on any atom is -0.497 e. The highest BCUT2D eigenvalue weighted by Crippen LogP contribution is 2.11. The average Bonchev–Trinajstić information content (AvgIpc) is 2.66. The van der Waals surface area contributed by atoms with Crippen LogP contribution in [-0.4, -0.2) is 22.8 Å². The van der Waals surface area contributed by atoms with Crippen LogP contribution in [0.25, 0.3) is 10.9 Å². The predicted molar refractivity (Wildman–Crippen MR) is 95.5 cm³/mol. The van der Waals surface area contributed by atoms with Gasteiger partial charge in [0.15, 0.2) is 0 Å². The maximum absolute atomic E-state index is 12.1. The van der Waals surface area contributed by atoms with E-state index < -0.39 is 0 Å². The molecule has 0 fully saturated rings. The predicted octanol–water partition coefficient (Wildman–Crippen LogP) is 2.11. The zero-order valence-corrected chi connectivity index (χ0v) is 13.9. The lowest BCUT2D eigenvalue weighted by atomic mass is 10.2. The van der Waals surface area contributed by atoms with Gasteiger partial charge in [-0.05, 0) is 29.8 Å². The lowest BCUT2D eigenvalue weighted by molar-refractivity contribution is -0.121. The zero-order chi connectivity index (χ0) is 17.6. The molecule has 2 aromatic carbocycles. The number of hydrogen-bond donors (Lipinski definition) is 1. The molecule has 25 heavy (non-hydrogen) atoms.